The molecule has 5 atom stereocenters. The van der Waals surface area contributed by atoms with E-state index in [1.807, 2.05) is 0 Å². The fraction of sp³-hybridized carbons (Fsp3) is 0.444. The first-order valence-electron chi connectivity index (χ1n) is 11.6. The molecule has 1 aromatic carbocycles. The zero-order chi connectivity index (χ0) is 25.6. The van der Waals surface area contributed by atoms with Gasteiger partial charge in [-0.2, -0.15) is 0 Å². The Morgan fingerprint density at radius 3 is 2.63 bits per heavy atom. The molecule has 1 fully saturated rings. The zero-order valence-corrected chi connectivity index (χ0v) is 19.6. The van der Waals surface area contributed by atoms with Crippen molar-refractivity contribution in [1.29, 1.82) is 0 Å². The Labute approximate surface area is 206 Å². The van der Waals surface area contributed by atoms with Gasteiger partial charge in [-0.25, -0.2) is 0 Å². The number of ether oxygens (including phenoxy) is 1. The lowest BCUT2D eigenvalue weighted by Crippen LogP contribution is -2.38. The third-order valence-electron chi connectivity index (χ3n) is 5.43. The third kappa shape index (κ3) is 11.1. The number of hydrogen-bond acceptors (Lipinski definition) is 7. The summed E-state index contributed by atoms with van der Waals surface area (Å²) < 4.78 is 5.57. The van der Waals surface area contributed by atoms with Crippen LogP contribution in [0.4, 0.5) is 0 Å². The van der Waals surface area contributed by atoms with Gasteiger partial charge in [0.15, 0.2) is 11.5 Å². The van der Waals surface area contributed by atoms with Gasteiger partial charge in [0.2, 0.25) is 5.91 Å². The van der Waals surface area contributed by atoms with Crippen LogP contribution in [0.1, 0.15) is 44.1 Å². The maximum atomic E-state index is 11.9. The molecule has 1 saturated heterocycles. The Bertz CT molecular complexity index is 998. The average molecular weight is 484 g/mol. The van der Waals surface area contributed by atoms with Gasteiger partial charge in [0, 0.05) is 19.0 Å². The van der Waals surface area contributed by atoms with Gasteiger partial charge in [0.05, 0.1) is 24.4 Å². The standard InChI is InChI=1S/C27H33NO7/c1-2-20(29)9-5-3-7-11-25-26(35-25)12-8-4-6-10-21(30)24(33)18-28-27(34)16-14-19-13-15-22(31)23(32)17-19/h2,13-17,20-21,24-26,29-33H,1,4,6,8,10-12,18H2,(H,28,34)/t20-,21+,24-,25-,26+/m1/s1. The average Bonchev–Trinajstić information content (AvgIpc) is 3.60. The number of amides is 1. The number of unbranched alkanes of at least 4 members (excludes halogenated alkanes) is 2. The summed E-state index contributed by atoms with van der Waals surface area (Å²) in [6.45, 7) is 3.34. The summed E-state index contributed by atoms with van der Waals surface area (Å²) in [5.74, 6) is 9.71. The summed E-state index contributed by atoms with van der Waals surface area (Å²) in [5.41, 5.74) is 0.529. The Kier molecular flexibility index (Phi) is 11.9. The number of carbonyl (C=O) groups is 1. The summed E-state index contributed by atoms with van der Waals surface area (Å²) in [6, 6.07) is 4.17. The normalized spacial score (nSPS) is 18.9. The number of nitrogens with one attached hydrogen (secondary N) is 1. The second kappa shape index (κ2) is 14.9. The minimum absolute atomic E-state index is 0.0826. The smallest absolute Gasteiger partial charge is 0.244 e. The van der Waals surface area contributed by atoms with E-state index in [4.69, 9.17) is 4.74 Å². The Hall–Kier alpha value is -3.27. The maximum Gasteiger partial charge on any atom is 0.244 e. The molecule has 1 aliphatic heterocycles. The van der Waals surface area contributed by atoms with E-state index >= 15 is 0 Å². The van der Waals surface area contributed by atoms with Crippen LogP contribution in [0.5, 0.6) is 11.5 Å². The lowest BCUT2D eigenvalue weighted by molar-refractivity contribution is -0.117. The van der Waals surface area contributed by atoms with Crippen molar-refractivity contribution in [2.75, 3.05) is 6.54 Å². The van der Waals surface area contributed by atoms with Crippen LogP contribution in [0.2, 0.25) is 0 Å². The number of phenolic OH excluding ortho intramolecular Hbond substituents is 2. The highest BCUT2D eigenvalue weighted by Crippen LogP contribution is 2.30. The summed E-state index contributed by atoms with van der Waals surface area (Å²) in [6.07, 6.45) is 6.00. The first-order chi connectivity index (χ1) is 16.8. The molecular formula is C27H33NO7. The second-order valence-electron chi connectivity index (χ2n) is 8.27. The molecular weight excluding hydrogens is 450 g/mol. The van der Waals surface area contributed by atoms with E-state index in [-0.39, 0.29) is 30.3 Å². The van der Waals surface area contributed by atoms with Gasteiger partial charge >= 0.3 is 0 Å². The molecule has 1 aliphatic rings. The van der Waals surface area contributed by atoms with Crippen LogP contribution in [0.3, 0.4) is 0 Å². The van der Waals surface area contributed by atoms with E-state index in [0.717, 1.165) is 25.7 Å². The summed E-state index contributed by atoms with van der Waals surface area (Å²) >= 11 is 0. The molecule has 0 spiro atoms. The van der Waals surface area contributed by atoms with E-state index in [1.165, 1.54) is 36.4 Å². The fourth-order valence-electron chi connectivity index (χ4n) is 3.26. The van der Waals surface area contributed by atoms with Crippen LogP contribution in [-0.4, -0.2) is 68.5 Å². The van der Waals surface area contributed by atoms with E-state index in [9.17, 15) is 30.3 Å². The van der Waals surface area contributed by atoms with Crippen LogP contribution in [0.25, 0.3) is 6.08 Å². The van der Waals surface area contributed by atoms with Gasteiger partial charge in [0.1, 0.15) is 6.10 Å². The predicted octanol–water partition coefficient (Wildman–Crippen LogP) is 1.61. The first kappa shape index (κ1) is 28.0. The van der Waals surface area contributed by atoms with E-state index < -0.39 is 24.2 Å². The highest BCUT2D eigenvalue weighted by Gasteiger charge is 2.36. The third-order valence-corrected chi connectivity index (χ3v) is 5.43. The highest BCUT2D eigenvalue weighted by molar-refractivity contribution is 5.91. The van der Waals surface area contributed by atoms with Crippen LogP contribution in [-0.2, 0) is 9.53 Å². The number of aliphatic hydroxyl groups excluding tert-OH is 3. The van der Waals surface area contributed by atoms with Gasteiger partial charge in [-0.3, -0.25) is 4.79 Å². The van der Waals surface area contributed by atoms with Crippen molar-refractivity contribution in [3.63, 3.8) is 0 Å². The van der Waals surface area contributed by atoms with Crippen molar-refractivity contribution >= 4 is 12.0 Å². The minimum atomic E-state index is -1.07. The fourth-order valence-corrected chi connectivity index (χ4v) is 3.26. The predicted molar refractivity (Wildman–Crippen MR) is 132 cm³/mol. The number of hydrogen-bond donors (Lipinski definition) is 6. The van der Waals surface area contributed by atoms with Gasteiger partial charge in [-0.1, -0.05) is 49.8 Å². The van der Waals surface area contributed by atoms with Crippen LogP contribution < -0.4 is 5.32 Å². The van der Waals surface area contributed by atoms with Crippen molar-refractivity contribution in [2.45, 2.75) is 69.0 Å². The molecule has 6 N–H and O–H groups in total. The number of benzene rings is 1. The summed E-state index contributed by atoms with van der Waals surface area (Å²) in [4.78, 5) is 11.9. The van der Waals surface area contributed by atoms with Crippen molar-refractivity contribution in [3.8, 4) is 35.2 Å². The molecule has 1 heterocycles. The molecule has 35 heavy (non-hydrogen) atoms. The lowest BCUT2D eigenvalue weighted by Gasteiger charge is -2.17. The lowest BCUT2D eigenvalue weighted by atomic mass is 10.0. The van der Waals surface area contributed by atoms with Crippen molar-refractivity contribution in [2.24, 2.45) is 0 Å². The van der Waals surface area contributed by atoms with Gasteiger partial charge in [-0.05, 0) is 48.5 Å². The number of epoxide rings is 1. The van der Waals surface area contributed by atoms with E-state index in [2.05, 4.69) is 35.6 Å². The van der Waals surface area contributed by atoms with E-state index in [0.29, 0.717) is 18.4 Å². The zero-order valence-electron chi connectivity index (χ0n) is 19.6. The van der Waals surface area contributed by atoms with E-state index in [1.54, 1.807) is 0 Å². The van der Waals surface area contributed by atoms with Crippen molar-refractivity contribution in [3.05, 3.63) is 42.5 Å². The Morgan fingerprint density at radius 1 is 1.09 bits per heavy atom. The largest absolute Gasteiger partial charge is 0.504 e. The molecule has 0 radical (unpaired) electrons. The molecule has 0 unspecified atom stereocenters. The molecule has 8 nitrogen and oxygen atoms in total. The molecule has 1 aromatic rings. The molecule has 2 rings (SSSR count). The molecule has 1 amide bonds. The molecule has 0 aromatic heterocycles. The van der Waals surface area contributed by atoms with Crippen molar-refractivity contribution < 1.29 is 35.1 Å². The quantitative estimate of drug-likeness (QED) is 0.0625. The number of rotatable bonds is 13. The number of phenols is 2. The van der Waals surface area contributed by atoms with Gasteiger partial charge in [0.25, 0.3) is 0 Å². The molecule has 0 aliphatic carbocycles. The first-order valence-corrected chi connectivity index (χ1v) is 11.6. The molecule has 0 bridgehead atoms. The molecule has 0 saturated carbocycles. The number of aromatic hydroxyl groups is 2. The minimum Gasteiger partial charge on any atom is -0.504 e. The number of carbonyl (C=O) groups excluding carboxylic acids is 1. The van der Waals surface area contributed by atoms with Gasteiger partial charge in [-0.15, -0.1) is 0 Å². The van der Waals surface area contributed by atoms with Crippen LogP contribution >= 0.6 is 0 Å². The summed E-state index contributed by atoms with van der Waals surface area (Å²) in [5, 5.41) is 50.6. The number of aliphatic hydroxyl groups is 3. The van der Waals surface area contributed by atoms with Crippen molar-refractivity contribution in [1.82, 2.24) is 5.32 Å². The van der Waals surface area contributed by atoms with Crippen LogP contribution in [0.15, 0.2) is 36.9 Å². The Balaban J connectivity index is 1.53. The highest BCUT2D eigenvalue weighted by atomic mass is 16.6. The molecule has 188 valence electrons. The monoisotopic (exact) mass is 483 g/mol. The van der Waals surface area contributed by atoms with Crippen LogP contribution in [0, 0.1) is 23.7 Å². The Morgan fingerprint density at radius 2 is 1.89 bits per heavy atom. The second-order valence-corrected chi connectivity index (χ2v) is 8.27. The summed E-state index contributed by atoms with van der Waals surface area (Å²) in [7, 11) is 0. The SMILES string of the molecule is C=C[C@@H](O)C#CC#CC[C@H]1O[C@H]1CCCCC[C@H](O)[C@H](O)CNC(=O)C=Cc1ccc(O)c(O)c1. The topological polar surface area (TPSA) is 143 Å². The maximum absolute atomic E-state index is 11.9. The molecule has 8 heteroatoms. The van der Waals surface area contributed by atoms with Gasteiger partial charge < -0.3 is 35.6 Å².